The van der Waals surface area contributed by atoms with Crippen LogP contribution in [0.5, 0.6) is 0 Å². The molecular weight excluding hydrogens is 324 g/mol. The van der Waals surface area contributed by atoms with E-state index in [0.717, 1.165) is 12.8 Å². The van der Waals surface area contributed by atoms with Crippen molar-refractivity contribution in [2.24, 2.45) is 11.1 Å². The van der Waals surface area contributed by atoms with Gasteiger partial charge < -0.3 is 10.6 Å². The maximum atomic E-state index is 6.07. The number of nitrogens with two attached hydrogens (primary N) is 1. The third kappa shape index (κ3) is 3.81. The number of halogens is 1. The zero-order chi connectivity index (χ0) is 15.5. The largest absolute Gasteiger partial charge is 0.371 e. The first-order chi connectivity index (χ1) is 10.0. The van der Waals surface area contributed by atoms with Gasteiger partial charge in [0.2, 0.25) is 0 Å². The molecule has 1 aliphatic heterocycles. The van der Waals surface area contributed by atoms with Crippen molar-refractivity contribution in [2.75, 3.05) is 18.0 Å². The van der Waals surface area contributed by atoms with Crippen molar-refractivity contribution in [1.82, 2.24) is 0 Å². The van der Waals surface area contributed by atoms with Gasteiger partial charge in [0.1, 0.15) is 0 Å². The second-order valence-corrected chi connectivity index (χ2v) is 7.38. The van der Waals surface area contributed by atoms with Crippen LogP contribution in [0.2, 0.25) is 0 Å². The van der Waals surface area contributed by atoms with E-state index in [2.05, 4.69) is 59.8 Å². The summed E-state index contributed by atoms with van der Waals surface area (Å²) in [6, 6.07) is 7.04. The van der Waals surface area contributed by atoms with Crippen LogP contribution in [0.3, 0.4) is 0 Å². The van der Waals surface area contributed by atoms with Gasteiger partial charge in [-0.1, -0.05) is 42.8 Å². The second-order valence-electron chi connectivity index (χ2n) is 6.53. The van der Waals surface area contributed by atoms with Crippen LogP contribution < -0.4 is 10.6 Å². The second kappa shape index (κ2) is 7.15. The summed E-state index contributed by atoms with van der Waals surface area (Å²) in [6.45, 7) is 9.19. The lowest BCUT2D eigenvalue weighted by molar-refractivity contribution is 0.301. The van der Waals surface area contributed by atoms with E-state index >= 15 is 0 Å². The van der Waals surface area contributed by atoms with Crippen molar-refractivity contribution in [2.45, 2.75) is 58.9 Å². The average Bonchev–Trinajstić information content (AvgIpc) is 2.94. The van der Waals surface area contributed by atoms with Crippen LogP contribution in [-0.4, -0.2) is 19.1 Å². The monoisotopic (exact) mass is 352 g/mol. The quantitative estimate of drug-likeness (QED) is 0.800. The van der Waals surface area contributed by atoms with E-state index in [1.807, 2.05) is 0 Å². The molecule has 0 aliphatic carbocycles. The molecule has 2 rings (SSSR count). The van der Waals surface area contributed by atoms with Gasteiger partial charge in [-0.15, -0.1) is 0 Å². The van der Waals surface area contributed by atoms with Crippen LogP contribution in [0.25, 0.3) is 0 Å². The fourth-order valence-electron chi connectivity index (χ4n) is 3.31. The van der Waals surface area contributed by atoms with Crippen molar-refractivity contribution in [3.05, 3.63) is 28.2 Å². The Morgan fingerprint density at radius 3 is 2.52 bits per heavy atom. The van der Waals surface area contributed by atoms with E-state index in [9.17, 15) is 0 Å². The summed E-state index contributed by atoms with van der Waals surface area (Å²) in [4.78, 5) is 2.54. The third-order valence-corrected chi connectivity index (χ3v) is 6.08. The number of hydrogen-bond donors (Lipinski definition) is 1. The maximum absolute atomic E-state index is 6.07. The van der Waals surface area contributed by atoms with Crippen molar-refractivity contribution in [1.29, 1.82) is 0 Å². The van der Waals surface area contributed by atoms with Crippen molar-refractivity contribution in [3.8, 4) is 0 Å². The molecule has 1 unspecified atom stereocenters. The van der Waals surface area contributed by atoms with Crippen molar-refractivity contribution in [3.63, 3.8) is 0 Å². The highest BCUT2D eigenvalue weighted by atomic mass is 79.9. The Labute approximate surface area is 138 Å². The molecule has 1 aromatic rings. The predicted molar refractivity (Wildman–Crippen MR) is 96.0 cm³/mol. The zero-order valence-electron chi connectivity index (χ0n) is 13.7. The Balaban J connectivity index is 2.10. The molecule has 0 amide bonds. The van der Waals surface area contributed by atoms with Crippen molar-refractivity contribution >= 4 is 21.6 Å². The number of nitrogens with zero attached hydrogens (tertiary/aromatic N) is 1. The summed E-state index contributed by atoms with van der Waals surface area (Å²) in [5, 5.41) is 0. The zero-order valence-corrected chi connectivity index (χ0v) is 15.2. The smallest absolute Gasteiger partial charge is 0.0377 e. The minimum absolute atomic E-state index is 0.256. The molecule has 118 valence electrons. The van der Waals surface area contributed by atoms with Crippen LogP contribution in [0.15, 0.2) is 22.7 Å². The molecule has 3 heteroatoms. The van der Waals surface area contributed by atoms with Crippen LogP contribution in [0.4, 0.5) is 5.69 Å². The summed E-state index contributed by atoms with van der Waals surface area (Å²) < 4.78 is 1.20. The molecule has 0 bridgehead atoms. The van der Waals surface area contributed by atoms with Gasteiger partial charge in [0.25, 0.3) is 0 Å². The minimum Gasteiger partial charge on any atom is -0.371 e. The molecule has 1 aromatic carbocycles. The van der Waals surface area contributed by atoms with E-state index < -0.39 is 0 Å². The summed E-state index contributed by atoms with van der Waals surface area (Å²) in [6.07, 6.45) is 5.86. The lowest BCUT2D eigenvalue weighted by Crippen LogP contribution is -2.26. The Hall–Kier alpha value is -0.540. The molecule has 1 heterocycles. The molecule has 0 saturated carbocycles. The molecule has 1 fully saturated rings. The fourth-order valence-corrected chi connectivity index (χ4v) is 3.84. The predicted octanol–water partition coefficient (Wildman–Crippen LogP) is 4.75. The van der Waals surface area contributed by atoms with Gasteiger partial charge in [-0.05, 0) is 55.2 Å². The summed E-state index contributed by atoms with van der Waals surface area (Å²) >= 11 is 3.73. The first-order valence-electron chi connectivity index (χ1n) is 8.32. The molecule has 1 aliphatic rings. The molecule has 0 spiro atoms. The lowest BCUT2D eigenvalue weighted by Gasteiger charge is -2.27. The molecule has 2 nitrogen and oxygen atoms in total. The van der Waals surface area contributed by atoms with Crippen molar-refractivity contribution < 1.29 is 0 Å². The van der Waals surface area contributed by atoms with E-state index in [1.165, 1.54) is 48.1 Å². The van der Waals surface area contributed by atoms with E-state index in [-0.39, 0.29) is 6.04 Å². The highest BCUT2D eigenvalue weighted by molar-refractivity contribution is 9.10. The average molecular weight is 353 g/mol. The SMILES string of the molecule is CCC(N)Cc1ccc(N2CCC(CC)(CC)C2)cc1Br. The topological polar surface area (TPSA) is 29.3 Å². The molecule has 0 aromatic heterocycles. The normalized spacial score (nSPS) is 19.0. The highest BCUT2D eigenvalue weighted by Crippen LogP contribution is 2.39. The third-order valence-electron chi connectivity index (χ3n) is 5.35. The molecule has 21 heavy (non-hydrogen) atoms. The van der Waals surface area contributed by atoms with E-state index in [0.29, 0.717) is 5.41 Å². The Morgan fingerprint density at radius 1 is 1.29 bits per heavy atom. The van der Waals surface area contributed by atoms with Gasteiger partial charge in [0, 0.05) is 29.3 Å². The highest BCUT2D eigenvalue weighted by Gasteiger charge is 2.34. The lowest BCUT2D eigenvalue weighted by atomic mass is 9.82. The van der Waals surface area contributed by atoms with Crippen LogP contribution in [-0.2, 0) is 6.42 Å². The number of hydrogen-bond acceptors (Lipinski definition) is 2. The molecule has 0 radical (unpaired) electrons. The molecular formula is C18H29BrN2. The minimum atomic E-state index is 0.256. The van der Waals surface area contributed by atoms with Gasteiger partial charge in [0.15, 0.2) is 0 Å². The van der Waals surface area contributed by atoms with Crippen LogP contribution in [0, 0.1) is 5.41 Å². The first-order valence-corrected chi connectivity index (χ1v) is 9.11. The number of rotatable bonds is 6. The fraction of sp³-hybridized carbons (Fsp3) is 0.667. The van der Waals surface area contributed by atoms with Gasteiger partial charge in [-0.25, -0.2) is 0 Å². The summed E-state index contributed by atoms with van der Waals surface area (Å²) in [5.74, 6) is 0. The number of anilines is 1. The summed E-state index contributed by atoms with van der Waals surface area (Å²) in [7, 11) is 0. The van der Waals surface area contributed by atoms with Gasteiger partial charge in [-0.3, -0.25) is 0 Å². The number of benzene rings is 1. The van der Waals surface area contributed by atoms with Gasteiger partial charge in [-0.2, -0.15) is 0 Å². The Morgan fingerprint density at radius 2 is 2.00 bits per heavy atom. The maximum Gasteiger partial charge on any atom is 0.0377 e. The Kier molecular flexibility index (Phi) is 5.73. The molecule has 2 N–H and O–H groups in total. The van der Waals surface area contributed by atoms with Gasteiger partial charge in [0.05, 0.1) is 0 Å². The van der Waals surface area contributed by atoms with Gasteiger partial charge >= 0.3 is 0 Å². The molecule has 1 saturated heterocycles. The standard InChI is InChI=1S/C18H29BrN2/c1-4-15(20)11-14-7-8-16(12-17(14)19)21-10-9-18(5-2,6-3)13-21/h7-8,12,15H,4-6,9-11,13,20H2,1-3H3. The summed E-state index contributed by atoms with van der Waals surface area (Å²) in [5.41, 5.74) is 9.27. The molecule has 1 atom stereocenters. The Bertz CT molecular complexity index is 468. The van der Waals surface area contributed by atoms with Crippen LogP contribution >= 0.6 is 15.9 Å². The van der Waals surface area contributed by atoms with Crippen LogP contribution in [0.1, 0.15) is 52.0 Å². The van der Waals surface area contributed by atoms with E-state index in [1.54, 1.807) is 0 Å². The van der Waals surface area contributed by atoms with E-state index in [4.69, 9.17) is 5.73 Å². The first kappa shape index (κ1) is 16.8.